The molecule has 0 saturated carbocycles. The van der Waals surface area contributed by atoms with Crippen LogP contribution in [0.5, 0.6) is 0 Å². The molecule has 0 spiro atoms. The third-order valence-electron chi connectivity index (χ3n) is 2.86. The van der Waals surface area contributed by atoms with Crippen LogP contribution in [0.2, 0.25) is 0 Å². The third-order valence-corrected chi connectivity index (χ3v) is 2.86. The minimum atomic E-state index is -4.67. The first kappa shape index (κ1) is 17.0. The average Bonchev–Trinajstić information content (AvgIpc) is 2.66. The average molecular weight is 327 g/mol. The second-order valence-corrected chi connectivity index (χ2v) is 4.12. The minimum Gasteiger partial charge on any atom is -0.480 e. The normalized spacial score (nSPS) is 18.7. The monoisotopic (exact) mass is 326 g/mol. The summed E-state index contributed by atoms with van der Waals surface area (Å²) in [5.74, 6) is -1.53. The Balaban J connectivity index is 0.00000220. The van der Waals surface area contributed by atoms with Gasteiger partial charge in [-0.3, -0.25) is 4.90 Å². The van der Waals surface area contributed by atoms with Crippen molar-refractivity contribution in [2.45, 2.75) is 12.2 Å². The van der Waals surface area contributed by atoms with E-state index >= 15 is 0 Å². The first-order valence-corrected chi connectivity index (χ1v) is 5.38. The van der Waals surface area contributed by atoms with Gasteiger partial charge in [0.15, 0.2) is 0 Å². The quantitative estimate of drug-likeness (QED) is 0.883. The van der Waals surface area contributed by atoms with Crippen LogP contribution in [0.4, 0.5) is 23.8 Å². The number of carboxylic acids is 1. The lowest BCUT2D eigenvalue weighted by atomic mass is 10.3. The molecule has 1 fully saturated rings. The predicted octanol–water partition coefficient (Wildman–Crippen LogP) is 1.24. The van der Waals surface area contributed by atoms with E-state index in [-0.39, 0.29) is 24.8 Å². The molecule has 0 bridgehead atoms. The molecule has 7 nitrogen and oxygen atoms in total. The molecule has 1 atom stereocenters. The van der Waals surface area contributed by atoms with E-state index < -0.39 is 29.9 Å². The number of carbonyl (C=O) groups excluding carboxylic acids is 1. The smallest absolute Gasteiger partial charge is 0.433 e. The van der Waals surface area contributed by atoms with Gasteiger partial charge in [0.25, 0.3) is 0 Å². The topological polar surface area (TPSA) is 86.6 Å². The highest BCUT2D eigenvalue weighted by atomic mass is 35.5. The molecular formula is C10H10ClF3N4O3. The fourth-order valence-corrected chi connectivity index (χ4v) is 1.78. The van der Waals surface area contributed by atoms with Gasteiger partial charge in [0.1, 0.15) is 23.9 Å². The highest BCUT2D eigenvalue weighted by Crippen LogP contribution is 2.30. The van der Waals surface area contributed by atoms with E-state index in [1.54, 1.807) is 0 Å². The lowest BCUT2D eigenvalue weighted by Gasteiger charge is -2.15. The van der Waals surface area contributed by atoms with E-state index in [2.05, 4.69) is 9.97 Å². The summed E-state index contributed by atoms with van der Waals surface area (Å²) in [7, 11) is 1.26. The molecule has 2 amide bonds. The lowest BCUT2D eigenvalue weighted by molar-refractivity contribution is -0.141. The number of rotatable bonds is 2. The summed E-state index contributed by atoms with van der Waals surface area (Å²) < 4.78 is 37.6. The van der Waals surface area contributed by atoms with E-state index in [4.69, 9.17) is 5.11 Å². The number of alkyl halides is 3. The Bertz CT molecular complexity index is 569. The summed E-state index contributed by atoms with van der Waals surface area (Å²) in [6.45, 7) is -0.279. The van der Waals surface area contributed by atoms with Gasteiger partial charge < -0.3 is 10.0 Å². The van der Waals surface area contributed by atoms with E-state index in [0.717, 1.165) is 9.80 Å². The van der Waals surface area contributed by atoms with E-state index in [1.165, 1.54) is 7.05 Å². The number of carboxylic acid groups (broad SMARTS) is 1. The third kappa shape index (κ3) is 3.15. The molecule has 0 aliphatic carbocycles. The van der Waals surface area contributed by atoms with Crippen LogP contribution in [0.15, 0.2) is 12.4 Å². The zero-order valence-corrected chi connectivity index (χ0v) is 11.4. The SMILES string of the molecule is CN1C(=O)N(c2cc(C(F)(F)F)ncn2)CC1C(=O)O.Cl. The first-order valence-electron chi connectivity index (χ1n) is 5.38. The van der Waals surface area contributed by atoms with Crippen LogP contribution < -0.4 is 4.90 Å². The van der Waals surface area contributed by atoms with Crippen LogP contribution in [0.3, 0.4) is 0 Å². The van der Waals surface area contributed by atoms with Crippen LogP contribution in [0.25, 0.3) is 0 Å². The number of halogens is 4. The van der Waals surface area contributed by atoms with Crippen molar-refractivity contribution in [1.82, 2.24) is 14.9 Å². The van der Waals surface area contributed by atoms with Crippen LogP contribution >= 0.6 is 12.4 Å². The number of urea groups is 1. The summed E-state index contributed by atoms with van der Waals surface area (Å²) in [5, 5.41) is 8.92. The van der Waals surface area contributed by atoms with Crippen molar-refractivity contribution in [3.63, 3.8) is 0 Å². The molecular weight excluding hydrogens is 317 g/mol. The summed E-state index contributed by atoms with van der Waals surface area (Å²) in [5.41, 5.74) is -1.20. The number of hydrogen-bond donors (Lipinski definition) is 1. The van der Waals surface area contributed by atoms with Crippen molar-refractivity contribution in [3.05, 3.63) is 18.1 Å². The van der Waals surface area contributed by atoms with Gasteiger partial charge >= 0.3 is 18.2 Å². The number of aromatic nitrogens is 2. The van der Waals surface area contributed by atoms with E-state index in [0.29, 0.717) is 12.4 Å². The predicted molar refractivity (Wildman–Crippen MR) is 66.2 cm³/mol. The fraction of sp³-hybridized carbons (Fsp3) is 0.400. The zero-order chi connectivity index (χ0) is 15.1. The van der Waals surface area contributed by atoms with E-state index in [1.807, 2.05) is 0 Å². The molecule has 1 N–H and O–H groups in total. The molecule has 1 aliphatic heterocycles. The maximum absolute atomic E-state index is 12.5. The summed E-state index contributed by atoms with van der Waals surface area (Å²) in [4.78, 5) is 31.2. The molecule has 2 heterocycles. The van der Waals surface area contributed by atoms with Crippen molar-refractivity contribution in [3.8, 4) is 0 Å². The zero-order valence-electron chi connectivity index (χ0n) is 10.5. The number of anilines is 1. The number of hydrogen-bond acceptors (Lipinski definition) is 4. The van der Waals surface area contributed by atoms with Crippen molar-refractivity contribution >= 4 is 30.2 Å². The maximum Gasteiger partial charge on any atom is 0.433 e. The molecule has 1 saturated heterocycles. The molecule has 11 heteroatoms. The van der Waals surface area contributed by atoms with Gasteiger partial charge in [-0.05, 0) is 0 Å². The van der Waals surface area contributed by atoms with Crippen LogP contribution in [-0.2, 0) is 11.0 Å². The second-order valence-electron chi connectivity index (χ2n) is 4.12. The Morgan fingerprint density at radius 2 is 2.05 bits per heavy atom. The standard InChI is InChI=1S/C10H9F3N4O3.ClH/c1-16-5(8(18)19)3-17(9(16)20)7-2-6(10(11,12)13)14-4-15-7;/h2,4-5H,3H2,1H3,(H,18,19);1H. The molecule has 21 heavy (non-hydrogen) atoms. The van der Waals surface area contributed by atoms with Crippen molar-refractivity contribution in [1.29, 1.82) is 0 Å². The molecule has 0 aromatic carbocycles. The van der Waals surface area contributed by atoms with Gasteiger partial charge in [0.05, 0.1) is 6.54 Å². The molecule has 116 valence electrons. The molecule has 1 aromatic heterocycles. The Morgan fingerprint density at radius 3 is 2.52 bits per heavy atom. The van der Waals surface area contributed by atoms with Crippen LogP contribution in [0.1, 0.15) is 5.69 Å². The minimum absolute atomic E-state index is 0. The largest absolute Gasteiger partial charge is 0.480 e. The van der Waals surface area contributed by atoms with Gasteiger partial charge in [0, 0.05) is 13.1 Å². The molecule has 1 aliphatic rings. The van der Waals surface area contributed by atoms with Gasteiger partial charge in [-0.1, -0.05) is 0 Å². The first-order chi connectivity index (χ1) is 9.21. The summed E-state index contributed by atoms with van der Waals surface area (Å²) >= 11 is 0. The van der Waals surface area contributed by atoms with Crippen molar-refractivity contribution < 1.29 is 27.9 Å². The maximum atomic E-state index is 12.5. The molecule has 1 aromatic rings. The van der Waals surface area contributed by atoms with Gasteiger partial charge in [0.2, 0.25) is 0 Å². The Morgan fingerprint density at radius 1 is 1.43 bits per heavy atom. The Labute approximate surface area is 122 Å². The van der Waals surface area contributed by atoms with Crippen LogP contribution in [-0.4, -0.2) is 51.6 Å². The highest BCUT2D eigenvalue weighted by molar-refractivity contribution is 5.98. The van der Waals surface area contributed by atoms with Crippen molar-refractivity contribution in [2.75, 3.05) is 18.5 Å². The lowest BCUT2D eigenvalue weighted by Crippen LogP contribution is -2.36. The number of aliphatic carboxylic acids is 1. The summed E-state index contributed by atoms with van der Waals surface area (Å²) in [6, 6.07) is -1.26. The number of nitrogens with zero attached hydrogens (tertiary/aromatic N) is 4. The van der Waals surface area contributed by atoms with Crippen LogP contribution in [0, 0.1) is 0 Å². The molecule has 0 radical (unpaired) electrons. The van der Waals surface area contributed by atoms with E-state index in [9.17, 15) is 22.8 Å². The highest BCUT2D eigenvalue weighted by Gasteiger charge is 2.41. The summed E-state index contributed by atoms with van der Waals surface area (Å²) in [6.07, 6.45) is -3.99. The van der Waals surface area contributed by atoms with Gasteiger partial charge in [-0.2, -0.15) is 13.2 Å². The van der Waals surface area contributed by atoms with Gasteiger partial charge in [-0.15, -0.1) is 12.4 Å². The number of carbonyl (C=O) groups is 2. The van der Waals surface area contributed by atoms with Gasteiger partial charge in [-0.25, -0.2) is 19.6 Å². The van der Waals surface area contributed by atoms with Crippen molar-refractivity contribution in [2.24, 2.45) is 0 Å². The Kier molecular flexibility index (Phi) is 4.62. The molecule has 2 rings (SSSR count). The number of likely N-dealkylation sites (N-methyl/N-ethyl adjacent to an activating group) is 1. The second kappa shape index (κ2) is 5.72. The molecule has 1 unspecified atom stereocenters. The fourth-order valence-electron chi connectivity index (χ4n) is 1.78. The number of amides is 2. The Hall–Kier alpha value is -2.10.